The zero-order valence-electron chi connectivity index (χ0n) is 13.8. The van der Waals surface area contributed by atoms with Crippen LogP contribution in [0.3, 0.4) is 0 Å². The van der Waals surface area contributed by atoms with Gasteiger partial charge in [-0.25, -0.2) is 4.39 Å². The van der Waals surface area contributed by atoms with E-state index in [2.05, 4.69) is 10.6 Å². The van der Waals surface area contributed by atoms with E-state index < -0.39 is 0 Å². The molecule has 0 aliphatic heterocycles. The molecule has 1 amide bonds. The van der Waals surface area contributed by atoms with Crippen LogP contribution in [0.1, 0.15) is 30.0 Å². The molecule has 0 aromatic heterocycles. The number of hydrogen-bond acceptors (Lipinski definition) is 2. The van der Waals surface area contributed by atoms with E-state index in [0.717, 1.165) is 18.5 Å². The van der Waals surface area contributed by atoms with E-state index in [0.29, 0.717) is 18.4 Å². The van der Waals surface area contributed by atoms with Crippen LogP contribution in [0.25, 0.3) is 0 Å². The maximum absolute atomic E-state index is 14.1. The number of carbonyl (C=O) groups is 1. The van der Waals surface area contributed by atoms with E-state index >= 15 is 0 Å². The number of halogens is 2. The normalized spacial score (nSPS) is 11.4. The van der Waals surface area contributed by atoms with Gasteiger partial charge in [0, 0.05) is 12.0 Å². The lowest BCUT2D eigenvalue weighted by Crippen LogP contribution is -2.31. The summed E-state index contributed by atoms with van der Waals surface area (Å²) in [6.07, 6.45) is 1.76. The average molecular weight is 351 g/mol. The molecule has 0 saturated carbocycles. The van der Waals surface area contributed by atoms with E-state index in [1.165, 1.54) is 6.07 Å². The Morgan fingerprint density at radius 1 is 1.08 bits per heavy atom. The Bertz CT molecular complexity index is 622. The number of benzene rings is 2. The number of rotatable bonds is 8. The molecule has 5 heteroatoms. The van der Waals surface area contributed by atoms with Crippen molar-refractivity contribution in [3.8, 4) is 0 Å². The molecule has 0 fully saturated rings. The molecule has 0 radical (unpaired) electrons. The third-order valence-electron chi connectivity index (χ3n) is 3.73. The predicted molar refractivity (Wildman–Crippen MR) is 97.8 cm³/mol. The summed E-state index contributed by atoms with van der Waals surface area (Å²) in [6.45, 7) is 0.788. The van der Waals surface area contributed by atoms with Crippen molar-refractivity contribution in [1.29, 1.82) is 0 Å². The number of carbonyl (C=O) groups excluding carboxylic acids is 1. The number of nitrogens with one attached hydrogen (secondary N) is 2. The summed E-state index contributed by atoms with van der Waals surface area (Å²) in [5.74, 6) is -0.339. The van der Waals surface area contributed by atoms with Gasteiger partial charge < -0.3 is 10.6 Å². The standard InChI is InChI=1S/C19H23FN2O.ClH/c1-21-13-7-12-19(23)22-18(14-15-8-3-2-4-9-15)16-10-5-6-11-17(16)20;/h2-6,8-11,18,21H,7,12-14H2,1H3,(H,22,23);1H. The fourth-order valence-corrected chi connectivity index (χ4v) is 2.54. The predicted octanol–water partition coefficient (Wildman–Crippen LogP) is 3.65. The van der Waals surface area contributed by atoms with Crippen LogP contribution in [0.5, 0.6) is 0 Å². The van der Waals surface area contributed by atoms with Gasteiger partial charge in [-0.05, 0) is 38.1 Å². The lowest BCUT2D eigenvalue weighted by atomic mass is 9.98. The van der Waals surface area contributed by atoms with Crippen molar-refractivity contribution in [3.63, 3.8) is 0 Å². The highest BCUT2D eigenvalue weighted by Gasteiger charge is 2.18. The van der Waals surface area contributed by atoms with Crippen molar-refractivity contribution in [3.05, 3.63) is 71.5 Å². The van der Waals surface area contributed by atoms with Gasteiger partial charge in [0.25, 0.3) is 0 Å². The van der Waals surface area contributed by atoms with Gasteiger partial charge in [0.15, 0.2) is 0 Å². The molecule has 0 bridgehead atoms. The Morgan fingerprint density at radius 3 is 2.42 bits per heavy atom. The Morgan fingerprint density at radius 2 is 1.75 bits per heavy atom. The molecule has 2 aromatic rings. The van der Waals surface area contributed by atoms with Crippen LogP contribution in [0, 0.1) is 5.82 Å². The van der Waals surface area contributed by atoms with Crippen LogP contribution in [-0.4, -0.2) is 19.5 Å². The highest BCUT2D eigenvalue weighted by Crippen LogP contribution is 2.21. The quantitative estimate of drug-likeness (QED) is 0.713. The van der Waals surface area contributed by atoms with Crippen molar-refractivity contribution in [2.45, 2.75) is 25.3 Å². The van der Waals surface area contributed by atoms with Gasteiger partial charge in [0.1, 0.15) is 5.82 Å². The summed E-state index contributed by atoms with van der Waals surface area (Å²) >= 11 is 0. The Hall–Kier alpha value is -1.91. The zero-order valence-corrected chi connectivity index (χ0v) is 14.6. The van der Waals surface area contributed by atoms with Gasteiger partial charge in [-0.3, -0.25) is 4.79 Å². The molecule has 3 nitrogen and oxygen atoms in total. The monoisotopic (exact) mass is 350 g/mol. The molecule has 2 aromatic carbocycles. The highest BCUT2D eigenvalue weighted by molar-refractivity contribution is 5.85. The second-order valence-electron chi connectivity index (χ2n) is 5.54. The topological polar surface area (TPSA) is 41.1 Å². The summed E-state index contributed by atoms with van der Waals surface area (Å²) in [5, 5.41) is 5.99. The van der Waals surface area contributed by atoms with Crippen molar-refractivity contribution < 1.29 is 9.18 Å². The van der Waals surface area contributed by atoms with E-state index in [4.69, 9.17) is 0 Å². The molecule has 2 rings (SSSR count). The lowest BCUT2D eigenvalue weighted by Gasteiger charge is -2.20. The molecule has 130 valence electrons. The molecular weight excluding hydrogens is 327 g/mol. The molecule has 0 aliphatic carbocycles. The Labute approximate surface area is 149 Å². The first kappa shape index (κ1) is 20.1. The SMILES string of the molecule is CNCCCC(=O)NC(Cc1ccccc1)c1ccccc1F.Cl. The molecule has 0 spiro atoms. The van der Waals surface area contributed by atoms with Crippen molar-refractivity contribution in [2.75, 3.05) is 13.6 Å². The van der Waals surface area contributed by atoms with Crippen LogP contribution in [0.2, 0.25) is 0 Å². The fourth-order valence-electron chi connectivity index (χ4n) is 2.54. The number of hydrogen-bond donors (Lipinski definition) is 2. The summed E-state index contributed by atoms with van der Waals surface area (Å²) in [5.41, 5.74) is 1.59. The van der Waals surface area contributed by atoms with Crippen LogP contribution in [-0.2, 0) is 11.2 Å². The van der Waals surface area contributed by atoms with Gasteiger partial charge in [-0.2, -0.15) is 0 Å². The highest BCUT2D eigenvalue weighted by atomic mass is 35.5. The van der Waals surface area contributed by atoms with E-state index in [9.17, 15) is 9.18 Å². The zero-order chi connectivity index (χ0) is 16.5. The minimum atomic E-state index is -0.360. The maximum atomic E-state index is 14.1. The van der Waals surface area contributed by atoms with Gasteiger partial charge in [-0.15, -0.1) is 12.4 Å². The first-order valence-corrected chi connectivity index (χ1v) is 7.93. The van der Waals surface area contributed by atoms with Gasteiger partial charge in [-0.1, -0.05) is 48.5 Å². The Kier molecular flexibility index (Phi) is 9.05. The molecule has 0 aliphatic rings. The summed E-state index contributed by atoms with van der Waals surface area (Å²) < 4.78 is 14.1. The van der Waals surface area contributed by atoms with Gasteiger partial charge in [0.2, 0.25) is 5.91 Å². The summed E-state index contributed by atoms with van der Waals surface area (Å²) in [6, 6.07) is 16.1. The summed E-state index contributed by atoms with van der Waals surface area (Å²) in [7, 11) is 1.86. The Balaban J connectivity index is 0.00000288. The second-order valence-corrected chi connectivity index (χ2v) is 5.54. The van der Waals surface area contributed by atoms with Crippen LogP contribution in [0.15, 0.2) is 54.6 Å². The van der Waals surface area contributed by atoms with E-state index in [1.54, 1.807) is 18.2 Å². The molecule has 2 N–H and O–H groups in total. The maximum Gasteiger partial charge on any atom is 0.220 e. The van der Waals surface area contributed by atoms with Crippen LogP contribution < -0.4 is 10.6 Å². The summed E-state index contributed by atoms with van der Waals surface area (Å²) in [4.78, 5) is 12.1. The largest absolute Gasteiger partial charge is 0.349 e. The van der Waals surface area contributed by atoms with Crippen molar-refractivity contribution in [2.24, 2.45) is 0 Å². The minimum absolute atomic E-state index is 0. The molecular formula is C19H24ClFN2O. The first-order chi connectivity index (χ1) is 11.2. The van der Waals surface area contributed by atoms with Crippen molar-refractivity contribution >= 4 is 18.3 Å². The van der Waals surface area contributed by atoms with Gasteiger partial charge in [0.05, 0.1) is 6.04 Å². The molecule has 0 saturated heterocycles. The van der Waals surface area contributed by atoms with Gasteiger partial charge >= 0.3 is 0 Å². The van der Waals surface area contributed by atoms with Crippen LogP contribution >= 0.6 is 12.4 Å². The minimum Gasteiger partial charge on any atom is -0.349 e. The molecule has 1 unspecified atom stereocenters. The molecule has 1 atom stereocenters. The third-order valence-corrected chi connectivity index (χ3v) is 3.73. The van der Waals surface area contributed by atoms with E-state index in [1.807, 2.05) is 37.4 Å². The fraction of sp³-hybridized carbons (Fsp3) is 0.316. The van der Waals surface area contributed by atoms with Crippen LogP contribution in [0.4, 0.5) is 4.39 Å². The third kappa shape index (κ3) is 6.30. The average Bonchev–Trinajstić information content (AvgIpc) is 2.56. The molecule has 0 heterocycles. The smallest absolute Gasteiger partial charge is 0.220 e. The van der Waals surface area contributed by atoms with Crippen molar-refractivity contribution in [1.82, 2.24) is 10.6 Å². The number of amides is 1. The van der Waals surface area contributed by atoms with E-state index in [-0.39, 0.29) is 30.2 Å². The first-order valence-electron chi connectivity index (χ1n) is 7.93. The molecule has 24 heavy (non-hydrogen) atoms. The lowest BCUT2D eigenvalue weighted by molar-refractivity contribution is -0.121. The second kappa shape index (κ2) is 10.8.